The van der Waals surface area contributed by atoms with Crippen molar-refractivity contribution in [2.75, 3.05) is 26.9 Å². The molecular formula is C22H27NO3. The summed E-state index contributed by atoms with van der Waals surface area (Å²) in [5.74, 6) is 0.811. The SMILES string of the molecule is CC.CCOC/C=C/COc1ccc2c(c1)/C(=N/OC)c1ccccc1-2. The molecule has 2 aromatic carbocycles. The third-order valence-electron chi connectivity index (χ3n) is 3.83. The zero-order valence-corrected chi connectivity index (χ0v) is 16.0. The van der Waals surface area contributed by atoms with Crippen molar-refractivity contribution < 1.29 is 14.3 Å². The van der Waals surface area contributed by atoms with Crippen LogP contribution in [0.15, 0.2) is 59.8 Å². The highest BCUT2D eigenvalue weighted by Gasteiger charge is 2.25. The van der Waals surface area contributed by atoms with Crippen LogP contribution in [0.5, 0.6) is 5.75 Å². The summed E-state index contributed by atoms with van der Waals surface area (Å²) in [6.07, 6.45) is 3.92. The molecule has 0 N–H and O–H groups in total. The lowest BCUT2D eigenvalue weighted by Crippen LogP contribution is -2.00. The minimum Gasteiger partial charge on any atom is -0.490 e. The molecule has 1 aliphatic rings. The number of ether oxygens (including phenoxy) is 2. The van der Waals surface area contributed by atoms with Crippen molar-refractivity contribution in [1.29, 1.82) is 0 Å². The van der Waals surface area contributed by atoms with E-state index in [1.807, 2.05) is 57.2 Å². The fourth-order valence-corrected chi connectivity index (χ4v) is 2.77. The molecule has 0 saturated carbocycles. The molecule has 0 amide bonds. The Morgan fingerprint density at radius 2 is 1.58 bits per heavy atom. The largest absolute Gasteiger partial charge is 0.490 e. The summed E-state index contributed by atoms with van der Waals surface area (Å²) in [5.41, 5.74) is 5.30. The zero-order chi connectivity index (χ0) is 18.8. The lowest BCUT2D eigenvalue weighted by molar-refractivity contribution is 0.177. The molecule has 3 rings (SSSR count). The normalized spacial score (nSPS) is 13.2. The minimum atomic E-state index is 0.509. The molecule has 0 bridgehead atoms. The Hall–Kier alpha value is -2.59. The highest BCUT2D eigenvalue weighted by atomic mass is 16.6. The molecule has 0 spiro atoms. The Morgan fingerprint density at radius 1 is 0.885 bits per heavy atom. The highest BCUT2D eigenvalue weighted by molar-refractivity contribution is 6.24. The van der Waals surface area contributed by atoms with Gasteiger partial charge in [-0.25, -0.2) is 0 Å². The molecule has 138 valence electrons. The standard InChI is InChI=1S/C20H21NO3.C2H6/c1-3-23-12-6-7-13-24-15-10-11-17-16-8-4-5-9-18(16)20(21-22-2)19(17)14-15;1-2/h4-11,14H,3,12-13H2,1-2H3;1-2H3/b7-6+,21-20+;. The molecule has 1 aliphatic carbocycles. The maximum atomic E-state index is 5.80. The van der Waals surface area contributed by atoms with Gasteiger partial charge < -0.3 is 14.3 Å². The molecule has 0 atom stereocenters. The van der Waals surface area contributed by atoms with Crippen LogP contribution in [0.4, 0.5) is 0 Å². The van der Waals surface area contributed by atoms with Crippen molar-refractivity contribution >= 4 is 5.71 Å². The number of oxime groups is 1. The summed E-state index contributed by atoms with van der Waals surface area (Å²) in [7, 11) is 1.57. The summed E-state index contributed by atoms with van der Waals surface area (Å²) >= 11 is 0. The molecule has 0 unspecified atom stereocenters. The molecule has 4 heteroatoms. The van der Waals surface area contributed by atoms with Gasteiger partial charge >= 0.3 is 0 Å². The van der Waals surface area contributed by atoms with Gasteiger partial charge in [0.05, 0.1) is 6.61 Å². The van der Waals surface area contributed by atoms with Gasteiger partial charge in [-0.1, -0.05) is 49.3 Å². The zero-order valence-electron chi connectivity index (χ0n) is 16.0. The van der Waals surface area contributed by atoms with Gasteiger partial charge in [0.25, 0.3) is 0 Å². The lowest BCUT2D eigenvalue weighted by atomic mass is 10.1. The van der Waals surface area contributed by atoms with Crippen LogP contribution in [0.2, 0.25) is 0 Å². The van der Waals surface area contributed by atoms with Gasteiger partial charge in [0.2, 0.25) is 0 Å². The number of hydrogen-bond acceptors (Lipinski definition) is 4. The first-order valence-corrected chi connectivity index (χ1v) is 9.06. The Labute approximate surface area is 156 Å². The monoisotopic (exact) mass is 353 g/mol. The van der Waals surface area contributed by atoms with E-state index in [-0.39, 0.29) is 0 Å². The number of nitrogens with zero attached hydrogens (tertiary/aromatic N) is 1. The number of benzene rings is 2. The average molecular weight is 353 g/mol. The van der Waals surface area contributed by atoms with E-state index in [1.165, 1.54) is 5.56 Å². The maximum Gasteiger partial charge on any atom is 0.120 e. The van der Waals surface area contributed by atoms with E-state index in [1.54, 1.807) is 7.11 Å². The van der Waals surface area contributed by atoms with Crippen molar-refractivity contribution in [3.63, 3.8) is 0 Å². The Morgan fingerprint density at radius 3 is 2.31 bits per heavy atom. The molecule has 4 nitrogen and oxygen atoms in total. The Kier molecular flexibility index (Phi) is 7.90. The molecule has 0 heterocycles. The lowest BCUT2D eigenvalue weighted by Gasteiger charge is -2.06. The molecule has 0 radical (unpaired) electrons. The van der Waals surface area contributed by atoms with Gasteiger partial charge in [-0.15, -0.1) is 0 Å². The highest BCUT2D eigenvalue weighted by Crippen LogP contribution is 2.38. The molecule has 0 fully saturated rings. The van der Waals surface area contributed by atoms with Crippen molar-refractivity contribution in [3.8, 4) is 16.9 Å². The van der Waals surface area contributed by atoms with E-state index in [4.69, 9.17) is 14.3 Å². The molecular weight excluding hydrogens is 326 g/mol. The van der Waals surface area contributed by atoms with Gasteiger partial charge in [0, 0.05) is 17.7 Å². The summed E-state index contributed by atoms with van der Waals surface area (Å²) in [4.78, 5) is 5.04. The van der Waals surface area contributed by atoms with Gasteiger partial charge in [-0.2, -0.15) is 0 Å². The molecule has 0 aliphatic heterocycles. The van der Waals surface area contributed by atoms with Crippen LogP contribution in [-0.4, -0.2) is 32.6 Å². The van der Waals surface area contributed by atoms with Gasteiger partial charge in [-0.05, 0) is 42.3 Å². The van der Waals surface area contributed by atoms with Gasteiger partial charge in [-0.3, -0.25) is 0 Å². The van der Waals surface area contributed by atoms with Crippen LogP contribution in [0.1, 0.15) is 31.9 Å². The number of rotatable bonds is 7. The number of fused-ring (bicyclic) bond motifs is 3. The van der Waals surface area contributed by atoms with E-state index >= 15 is 0 Å². The summed E-state index contributed by atoms with van der Waals surface area (Å²) in [6.45, 7) is 7.82. The molecule has 0 saturated heterocycles. The van der Waals surface area contributed by atoms with E-state index in [9.17, 15) is 0 Å². The van der Waals surface area contributed by atoms with Gasteiger partial charge in [0.1, 0.15) is 25.2 Å². The van der Waals surface area contributed by atoms with Crippen LogP contribution in [0.3, 0.4) is 0 Å². The van der Waals surface area contributed by atoms with Crippen molar-refractivity contribution in [1.82, 2.24) is 0 Å². The first-order valence-electron chi connectivity index (χ1n) is 9.06. The van der Waals surface area contributed by atoms with Crippen LogP contribution in [-0.2, 0) is 9.57 Å². The Balaban J connectivity index is 0.00000117. The second-order valence-electron chi connectivity index (χ2n) is 5.32. The van der Waals surface area contributed by atoms with Crippen molar-refractivity contribution in [2.45, 2.75) is 20.8 Å². The molecule has 0 aromatic heterocycles. The van der Waals surface area contributed by atoms with E-state index < -0.39 is 0 Å². The van der Waals surface area contributed by atoms with Crippen LogP contribution >= 0.6 is 0 Å². The fraction of sp³-hybridized carbons (Fsp3) is 0.318. The minimum absolute atomic E-state index is 0.509. The third kappa shape index (κ3) is 4.52. The van der Waals surface area contributed by atoms with Crippen LogP contribution < -0.4 is 4.74 Å². The second kappa shape index (κ2) is 10.4. The summed E-state index contributed by atoms with van der Waals surface area (Å²) in [6, 6.07) is 14.3. The van der Waals surface area contributed by atoms with E-state index in [2.05, 4.69) is 23.4 Å². The van der Waals surface area contributed by atoms with Crippen molar-refractivity contribution in [2.24, 2.45) is 5.16 Å². The smallest absolute Gasteiger partial charge is 0.120 e. The average Bonchev–Trinajstić information content (AvgIpc) is 3.00. The summed E-state index contributed by atoms with van der Waals surface area (Å²) in [5, 5.41) is 4.21. The van der Waals surface area contributed by atoms with Crippen LogP contribution in [0, 0.1) is 0 Å². The first-order chi connectivity index (χ1) is 12.8. The predicted octanol–water partition coefficient (Wildman–Crippen LogP) is 5.06. The first kappa shape index (κ1) is 19.7. The number of hydrogen-bond donors (Lipinski definition) is 0. The topological polar surface area (TPSA) is 40.0 Å². The van der Waals surface area contributed by atoms with Crippen molar-refractivity contribution in [3.05, 3.63) is 65.7 Å². The predicted molar refractivity (Wildman–Crippen MR) is 107 cm³/mol. The molecule has 2 aromatic rings. The maximum absolute atomic E-state index is 5.80. The fourth-order valence-electron chi connectivity index (χ4n) is 2.77. The third-order valence-corrected chi connectivity index (χ3v) is 3.83. The van der Waals surface area contributed by atoms with Gasteiger partial charge in [0.15, 0.2) is 0 Å². The van der Waals surface area contributed by atoms with E-state index in [0.29, 0.717) is 13.2 Å². The quantitative estimate of drug-likeness (QED) is 0.338. The molecule has 26 heavy (non-hydrogen) atoms. The second-order valence-corrected chi connectivity index (χ2v) is 5.32. The van der Waals surface area contributed by atoms with E-state index in [0.717, 1.165) is 34.8 Å². The Bertz CT molecular complexity index is 766. The van der Waals surface area contributed by atoms with Crippen LogP contribution in [0.25, 0.3) is 11.1 Å². The summed E-state index contributed by atoms with van der Waals surface area (Å²) < 4.78 is 11.0.